The first-order valence-corrected chi connectivity index (χ1v) is 5.67. The minimum Gasteiger partial charge on any atom is -0.487 e. The van der Waals surface area contributed by atoms with Crippen molar-refractivity contribution in [3.05, 3.63) is 36.5 Å². The molecule has 2 rings (SSSR count). The molecule has 0 atom stereocenters. The molecule has 1 aromatic carbocycles. The van der Waals surface area contributed by atoms with Gasteiger partial charge in [0, 0.05) is 36.7 Å². The fourth-order valence-electron chi connectivity index (χ4n) is 1.66. The normalized spacial score (nSPS) is 11.7. The first-order valence-electron chi connectivity index (χ1n) is 5.67. The molecule has 0 saturated heterocycles. The Morgan fingerprint density at radius 1 is 1.47 bits per heavy atom. The maximum atomic E-state index is 8.95. The van der Waals surface area contributed by atoms with E-state index < -0.39 is 5.60 Å². The third-order valence-electron chi connectivity index (χ3n) is 2.61. The van der Waals surface area contributed by atoms with E-state index in [1.807, 2.05) is 38.1 Å². The van der Waals surface area contributed by atoms with E-state index >= 15 is 0 Å². The van der Waals surface area contributed by atoms with E-state index in [1.165, 1.54) is 0 Å². The number of aromatic nitrogens is 1. The maximum absolute atomic E-state index is 8.95. The van der Waals surface area contributed by atoms with Gasteiger partial charge >= 0.3 is 0 Å². The Morgan fingerprint density at radius 3 is 3.06 bits per heavy atom. The number of ether oxygens (including phenoxy) is 1. The lowest BCUT2D eigenvalue weighted by Crippen LogP contribution is -2.29. The van der Waals surface area contributed by atoms with E-state index in [2.05, 4.69) is 11.1 Å². The van der Waals surface area contributed by atoms with Crippen molar-refractivity contribution in [1.29, 1.82) is 0 Å². The zero-order valence-electron chi connectivity index (χ0n) is 10.1. The van der Waals surface area contributed by atoms with Gasteiger partial charge in [-0.2, -0.15) is 0 Å². The standard InChI is InChI=1S/C14H16NO2/c1-14(2,7-9-16)17-12-6-5-11-4-3-8-15-13(11)10-12/h3-5,8,10,16H,7,9H2,1-2H3. The van der Waals surface area contributed by atoms with Crippen LogP contribution >= 0.6 is 0 Å². The first kappa shape index (κ1) is 11.9. The molecular weight excluding hydrogens is 214 g/mol. The van der Waals surface area contributed by atoms with Gasteiger partial charge in [0.2, 0.25) is 0 Å². The van der Waals surface area contributed by atoms with Gasteiger partial charge in [-0.25, -0.2) is 0 Å². The highest BCUT2D eigenvalue weighted by Gasteiger charge is 2.19. The number of fused-ring (bicyclic) bond motifs is 1. The Kier molecular flexibility index (Phi) is 3.29. The lowest BCUT2D eigenvalue weighted by Gasteiger charge is -2.25. The van der Waals surface area contributed by atoms with Gasteiger partial charge in [0.1, 0.15) is 11.4 Å². The summed E-state index contributed by atoms with van der Waals surface area (Å²) in [5.41, 5.74) is 0.495. The highest BCUT2D eigenvalue weighted by molar-refractivity contribution is 5.79. The van der Waals surface area contributed by atoms with Crippen LogP contribution in [0.5, 0.6) is 5.75 Å². The summed E-state index contributed by atoms with van der Waals surface area (Å²) in [6.45, 7) is 4.00. The second-order valence-corrected chi connectivity index (χ2v) is 4.61. The summed E-state index contributed by atoms with van der Waals surface area (Å²) in [5.74, 6) is 0.662. The molecule has 3 heteroatoms. The van der Waals surface area contributed by atoms with Crippen molar-refractivity contribution in [3.63, 3.8) is 0 Å². The zero-order chi connectivity index (χ0) is 12.3. The molecule has 0 spiro atoms. The molecular formula is C14H16NO2. The predicted molar refractivity (Wildman–Crippen MR) is 67.0 cm³/mol. The van der Waals surface area contributed by atoms with Crippen molar-refractivity contribution in [2.24, 2.45) is 0 Å². The first-order chi connectivity index (χ1) is 8.11. The second-order valence-electron chi connectivity index (χ2n) is 4.61. The summed E-state index contributed by atoms with van der Waals surface area (Å²) in [6.07, 6.45) is 2.34. The molecule has 1 radical (unpaired) electrons. The van der Waals surface area contributed by atoms with Crippen LogP contribution in [-0.2, 0) is 0 Å². The molecule has 0 amide bonds. The molecule has 1 aromatic heterocycles. The van der Waals surface area contributed by atoms with Crippen LogP contribution in [0.25, 0.3) is 10.9 Å². The van der Waals surface area contributed by atoms with Crippen molar-refractivity contribution in [2.45, 2.75) is 25.9 Å². The van der Waals surface area contributed by atoms with Crippen molar-refractivity contribution >= 4 is 10.9 Å². The molecule has 17 heavy (non-hydrogen) atoms. The highest BCUT2D eigenvalue weighted by Crippen LogP contribution is 2.23. The van der Waals surface area contributed by atoms with Crippen LogP contribution in [0.2, 0.25) is 0 Å². The largest absolute Gasteiger partial charge is 0.487 e. The average Bonchev–Trinajstić information content (AvgIpc) is 2.28. The molecule has 3 nitrogen and oxygen atoms in total. The molecule has 0 aliphatic heterocycles. The van der Waals surface area contributed by atoms with Crippen molar-refractivity contribution < 1.29 is 9.84 Å². The van der Waals surface area contributed by atoms with E-state index in [1.54, 1.807) is 6.20 Å². The zero-order valence-corrected chi connectivity index (χ0v) is 10.1. The van der Waals surface area contributed by atoms with Gasteiger partial charge in [-0.15, -0.1) is 0 Å². The SMILES string of the molecule is CC(C)(CCO)Oc1[c]cc2cccnc2c1. The Labute approximate surface area is 101 Å². The number of nitrogens with zero attached hydrogens (tertiary/aromatic N) is 1. The Bertz CT molecular complexity index is 508. The summed E-state index contributed by atoms with van der Waals surface area (Å²) >= 11 is 0. The fourth-order valence-corrected chi connectivity index (χ4v) is 1.66. The molecule has 0 saturated carbocycles. The molecule has 0 bridgehead atoms. The summed E-state index contributed by atoms with van der Waals surface area (Å²) < 4.78 is 5.79. The van der Waals surface area contributed by atoms with E-state index in [-0.39, 0.29) is 6.61 Å². The summed E-state index contributed by atoms with van der Waals surface area (Å²) in [5, 5.41) is 9.99. The lowest BCUT2D eigenvalue weighted by atomic mass is 10.1. The molecule has 0 aliphatic carbocycles. The quantitative estimate of drug-likeness (QED) is 0.877. The molecule has 0 aliphatic rings. The number of hydrogen-bond donors (Lipinski definition) is 1. The highest BCUT2D eigenvalue weighted by atomic mass is 16.5. The van der Waals surface area contributed by atoms with Crippen LogP contribution < -0.4 is 4.74 Å². The van der Waals surface area contributed by atoms with Gasteiger partial charge in [0.15, 0.2) is 0 Å². The van der Waals surface area contributed by atoms with Gasteiger partial charge in [0.25, 0.3) is 0 Å². The lowest BCUT2D eigenvalue weighted by molar-refractivity contribution is 0.0764. The Balaban J connectivity index is 2.25. The fraction of sp³-hybridized carbons (Fsp3) is 0.357. The van der Waals surface area contributed by atoms with E-state index in [4.69, 9.17) is 9.84 Å². The number of aliphatic hydroxyl groups excluding tert-OH is 1. The maximum Gasteiger partial charge on any atom is 0.130 e. The third-order valence-corrected chi connectivity index (χ3v) is 2.61. The third kappa shape index (κ3) is 2.94. The number of aliphatic hydroxyl groups is 1. The van der Waals surface area contributed by atoms with E-state index in [0.717, 1.165) is 10.9 Å². The summed E-state index contributed by atoms with van der Waals surface area (Å²) in [6, 6.07) is 10.7. The number of pyridine rings is 1. The average molecular weight is 230 g/mol. The number of benzene rings is 1. The number of hydrogen-bond acceptors (Lipinski definition) is 3. The van der Waals surface area contributed by atoms with Crippen LogP contribution in [0.15, 0.2) is 30.5 Å². The van der Waals surface area contributed by atoms with Crippen molar-refractivity contribution in [2.75, 3.05) is 6.61 Å². The van der Waals surface area contributed by atoms with Gasteiger partial charge in [-0.3, -0.25) is 4.98 Å². The summed E-state index contributed by atoms with van der Waals surface area (Å²) in [7, 11) is 0. The molecule has 0 fully saturated rings. The van der Waals surface area contributed by atoms with E-state index in [9.17, 15) is 0 Å². The van der Waals surface area contributed by atoms with Crippen LogP contribution in [0.3, 0.4) is 0 Å². The van der Waals surface area contributed by atoms with E-state index in [0.29, 0.717) is 12.2 Å². The van der Waals surface area contributed by atoms with Gasteiger partial charge < -0.3 is 9.84 Å². The Morgan fingerprint density at radius 2 is 2.29 bits per heavy atom. The minimum atomic E-state index is -0.395. The van der Waals surface area contributed by atoms with Crippen molar-refractivity contribution in [3.8, 4) is 5.75 Å². The van der Waals surface area contributed by atoms with Crippen LogP contribution in [0.4, 0.5) is 0 Å². The number of rotatable bonds is 4. The van der Waals surface area contributed by atoms with Crippen LogP contribution in [0.1, 0.15) is 20.3 Å². The van der Waals surface area contributed by atoms with Gasteiger partial charge in [-0.1, -0.05) is 6.07 Å². The molecule has 0 unspecified atom stereocenters. The van der Waals surface area contributed by atoms with Gasteiger partial charge in [-0.05, 0) is 26.0 Å². The topological polar surface area (TPSA) is 42.4 Å². The molecule has 89 valence electrons. The van der Waals surface area contributed by atoms with Crippen LogP contribution in [0, 0.1) is 6.07 Å². The van der Waals surface area contributed by atoms with Crippen LogP contribution in [-0.4, -0.2) is 22.3 Å². The Hall–Kier alpha value is -1.61. The molecule has 2 aromatic rings. The molecule has 1 heterocycles. The minimum absolute atomic E-state index is 0.110. The second kappa shape index (κ2) is 4.72. The monoisotopic (exact) mass is 230 g/mol. The molecule has 1 N–H and O–H groups in total. The van der Waals surface area contributed by atoms with Gasteiger partial charge in [0.05, 0.1) is 5.52 Å². The smallest absolute Gasteiger partial charge is 0.130 e. The predicted octanol–water partition coefficient (Wildman–Crippen LogP) is 2.57. The van der Waals surface area contributed by atoms with Crippen molar-refractivity contribution in [1.82, 2.24) is 4.98 Å². The summed E-state index contributed by atoms with van der Waals surface area (Å²) in [4.78, 5) is 4.27.